The van der Waals surface area contributed by atoms with Gasteiger partial charge < -0.3 is 4.57 Å². The molecule has 0 bridgehead atoms. The number of carbonyl (C=O) groups is 1. The first-order valence-electron chi connectivity index (χ1n) is 7.63. The second kappa shape index (κ2) is 7.30. The third-order valence-electron chi connectivity index (χ3n) is 3.67. The van der Waals surface area contributed by atoms with Crippen LogP contribution in [0.2, 0.25) is 0 Å². The number of aromatic nitrogens is 1. The van der Waals surface area contributed by atoms with E-state index in [0.29, 0.717) is 11.3 Å². The molecule has 0 saturated carbocycles. The quantitative estimate of drug-likeness (QED) is 0.379. The summed E-state index contributed by atoms with van der Waals surface area (Å²) in [6.07, 6.45) is 1.65. The Balaban J connectivity index is 2.16. The largest absolute Gasteiger partial charge is 0.312 e. The Labute approximate surface area is 155 Å². The van der Waals surface area contributed by atoms with Crippen molar-refractivity contribution >= 4 is 38.8 Å². The molecule has 136 valence electrons. The molecule has 3 rings (SSSR count). The lowest BCUT2D eigenvalue weighted by Gasteiger charge is -2.01. The highest BCUT2D eigenvalue weighted by Crippen LogP contribution is 2.23. The number of hydrogen-bond donors (Lipinski definition) is 0. The summed E-state index contributed by atoms with van der Waals surface area (Å²) in [5.41, 5.74) is -0.450. The van der Waals surface area contributed by atoms with E-state index in [-0.39, 0.29) is 5.56 Å². The molecule has 0 atom stereocenters. The zero-order valence-electron chi connectivity index (χ0n) is 13.8. The van der Waals surface area contributed by atoms with Gasteiger partial charge in [0.05, 0.1) is 31.7 Å². The molecule has 0 N–H and O–H groups in total. The molecule has 27 heavy (non-hydrogen) atoms. The third-order valence-corrected chi connectivity index (χ3v) is 4.73. The average molecular weight is 384 g/mol. The summed E-state index contributed by atoms with van der Waals surface area (Å²) in [4.78, 5) is 37.4. The van der Waals surface area contributed by atoms with Crippen molar-refractivity contribution in [2.75, 3.05) is 0 Å². The molecule has 10 heteroatoms. The first kappa shape index (κ1) is 18.1. The summed E-state index contributed by atoms with van der Waals surface area (Å²) in [5.74, 6) is -0.800. The van der Waals surface area contributed by atoms with E-state index < -0.39 is 27.1 Å². The molecular formula is C17H12N4O5S. The van der Waals surface area contributed by atoms with Gasteiger partial charge in [0.2, 0.25) is 0 Å². The lowest BCUT2D eigenvalue weighted by Crippen LogP contribution is -2.16. The van der Waals surface area contributed by atoms with Crippen molar-refractivity contribution in [1.29, 1.82) is 0 Å². The summed E-state index contributed by atoms with van der Waals surface area (Å²) < 4.78 is 2.67. The fraction of sp³-hybridized carbons (Fsp3) is 0.0588. The van der Waals surface area contributed by atoms with Crippen molar-refractivity contribution in [1.82, 2.24) is 4.57 Å². The molecule has 2 aromatic carbocycles. The van der Waals surface area contributed by atoms with E-state index in [0.717, 1.165) is 28.4 Å². The molecular weight excluding hydrogens is 372 g/mol. The monoisotopic (exact) mass is 384 g/mol. The number of nitro groups is 2. The van der Waals surface area contributed by atoms with Crippen molar-refractivity contribution in [2.45, 2.75) is 6.54 Å². The van der Waals surface area contributed by atoms with Gasteiger partial charge in [0, 0.05) is 18.7 Å². The average Bonchev–Trinajstić information content (AvgIpc) is 2.99. The van der Waals surface area contributed by atoms with Gasteiger partial charge in [0.25, 0.3) is 17.3 Å². The molecule has 0 radical (unpaired) electrons. The highest BCUT2D eigenvalue weighted by atomic mass is 32.1. The van der Waals surface area contributed by atoms with Crippen molar-refractivity contribution < 1.29 is 14.6 Å². The van der Waals surface area contributed by atoms with Gasteiger partial charge in [0.1, 0.15) is 0 Å². The number of amides is 1. The molecule has 9 nitrogen and oxygen atoms in total. The molecule has 0 aliphatic rings. The molecule has 1 aromatic heterocycles. The van der Waals surface area contributed by atoms with Crippen molar-refractivity contribution in [3.05, 3.63) is 85.7 Å². The second-order valence-electron chi connectivity index (χ2n) is 5.42. The number of non-ortho nitro benzene ring substituents is 2. The first-order valence-corrected chi connectivity index (χ1v) is 8.44. The molecule has 0 fully saturated rings. The molecule has 1 heterocycles. The third kappa shape index (κ3) is 3.65. The molecule has 0 aliphatic heterocycles. The van der Waals surface area contributed by atoms with Crippen LogP contribution in [0.15, 0.2) is 60.1 Å². The molecule has 3 aromatic rings. The van der Waals surface area contributed by atoms with Crippen LogP contribution in [-0.4, -0.2) is 20.3 Å². The van der Waals surface area contributed by atoms with Crippen LogP contribution in [0.25, 0.3) is 10.2 Å². The number of nitrogens with zero attached hydrogens (tertiary/aromatic N) is 4. The SMILES string of the molecule is C=CCn1c(=NC(=O)c2cc([N+](=O)[O-])cc([N+](=O)[O-])c2)sc2ccccc21. The van der Waals surface area contributed by atoms with E-state index in [9.17, 15) is 25.0 Å². The van der Waals surface area contributed by atoms with Crippen LogP contribution in [0.4, 0.5) is 11.4 Å². The van der Waals surface area contributed by atoms with Gasteiger partial charge in [0.15, 0.2) is 4.80 Å². The predicted molar refractivity (Wildman–Crippen MR) is 99.7 cm³/mol. The minimum Gasteiger partial charge on any atom is -0.312 e. The number of thiazole rings is 1. The lowest BCUT2D eigenvalue weighted by molar-refractivity contribution is -0.394. The number of fused-ring (bicyclic) bond motifs is 1. The van der Waals surface area contributed by atoms with Gasteiger partial charge in [-0.1, -0.05) is 29.5 Å². The summed E-state index contributed by atoms with van der Waals surface area (Å²) in [5, 5.41) is 22.0. The summed E-state index contributed by atoms with van der Waals surface area (Å²) in [6, 6.07) is 10.2. The summed E-state index contributed by atoms with van der Waals surface area (Å²) in [7, 11) is 0. The normalized spacial score (nSPS) is 11.5. The Morgan fingerprint density at radius 2 is 1.78 bits per heavy atom. The zero-order valence-corrected chi connectivity index (χ0v) is 14.6. The maximum Gasteiger partial charge on any atom is 0.280 e. The zero-order chi connectivity index (χ0) is 19.6. The van der Waals surface area contributed by atoms with E-state index in [1.165, 1.54) is 11.3 Å². The molecule has 0 spiro atoms. The standard InChI is InChI=1S/C17H12N4O5S/c1-2-7-19-14-5-3-4-6-15(14)27-17(19)18-16(22)11-8-12(20(23)24)10-13(9-11)21(25)26/h2-6,8-10H,1,7H2. The summed E-state index contributed by atoms with van der Waals surface area (Å²) in [6.45, 7) is 4.10. The second-order valence-corrected chi connectivity index (χ2v) is 6.43. The number of rotatable bonds is 5. The fourth-order valence-electron chi connectivity index (χ4n) is 2.49. The number of allylic oxidation sites excluding steroid dienone is 1. The molecule has 1 amide bonds. The minimum absolute atomic E-state index is 0.224. The number of benzene rings is 2. The fourth-order valence-corrected chi connectivity index (χ4v) is 3.53. The van der Waals surface area contributed by atoms with Crippen LogP contribution < -0.4 is 4.80 Å². The van der Waals surface area contributed by atoms with Gasteiger partial charge in [-0.3, -0.25) is 25.0 Å². The first-order chi connectivity index (χ1) is 12.9. The highest BCUT2D eigenvalue weighted by molar-refractivity contribution is 7.16. The Morgan fingerprint density at radius 3 is 2.37 bits per heavy atom. The Bertz CT molecular complexity index is 1130. The van der Waals surface area contributed by atoms with Gasteiger partial charge in [-0.2, -0.15) is 4.99 Å². The maximum absolute atomic E-state index is 12.6. The number of hydrogen-bond acceptors (Lipinski definition) is 6. The molecule has 0 saturated heterocycles. The topological polar surface area (TPSA) is 121 Å². The van der Waals surface area contributed by atoms with E-state index in [1.54, 1.807) is 10.6 Å². The van der Waals surface area contributed by atoms with Crippen LogP contribution in [0.5, 0.6) is 0 Å². The van der Waals surface area contributed by atoms with E-state index in [1.807, 2.05) is 24.3 Å². The Morgan fingerprint density at radius 1 is 1.15 bits per heavy atom. The molecule has 0 unspecified atom stereocenters. The lowest BCUT2D eigenvalue weighted by atomic mass is 10.1. The highest BCUT2D eigenvalue weighted by Gasteiger charge is 2.20. The van der Waals surface area contributed by atoms with Crippen molar-refractivity contribution in [3.8, 4) is 0 Å². The summed E-state index contributed by atoms with van der Waals surface area (Å²) >= 11 is 1.27. The Kier molecular flexibility index (Phi) is 4.90. The number of nitro benzene ring substituents is 2. The minimum atomic E-state index is -0.800. The van der Waals surface area contributed by atoms with E-state index in [4.69, 9.17) is 0 Å². The van der Waals surface area contributed by atoms with Crippen LogP contribution in [0.1, 0.15) is 10.4 Å². The van der Waals surface area contributed by atoms with Gasteiger partial charge in [-0.15, -0.1) is 6.58 Å². The molecule has 0 aliphatic carbocycles. The van der Waals surface area contributed by atoms with Crippen LogP contribution in [0.3, 0.4) is 0 Å². The Hall–Kier alpha value is -3.66. The van der Waals surface area contributed by atoms with Crippen LogP contribution >= 0.6 is 11.3 Å². The van der Waals surface area contributed by atoms with Crippen molar-refractivity contribution in [3.63, 3.8) is 0 Å². The van der Waals surface area contributed by atoms with E-state index in [2.05, 4.69) is 11.6 Å². The number of para-hydroxylation sites is 1. The van der Waals surface area contributed by atoms with Crippen LogP contribution in [-0.2, 0) is 6.54 Å². The van der Waals surface area contributed by atoms with E-state index >= 15 is 0 Å². The maximum atomic E-state index is 12.6. The van der Waals surface area contributed by atoms with Gasteiger partial charge in [-0.05, 0) is 12.1 Å². The van der Waals surface area contributed by atoms with Gasteiger partial charge in [-0.25, -0.2) is 0 Å². The number of carbonyl (C=O) groups excluding carboxylic acids is 1. The van der Waals surface area contributed by atoms with Gasteiger partial charge >= 0.3 is 0 Å². The smallest absolute Gasteiger partial charge is 0.280 e. The van der Waals surface area contributed by atoms with Crippen molar-refractivity contribution in [2.24, 2.45) is 4.99 Å². The van der Waals surface area contributed by atoms with Crippen LogP contribution in [0, 0.1) is 20.2 Å². The predicted octanol–water partition coefficient (Wildman–Crippen LogP) is 3.45.